The molecule has 2 rings (SSSR count). The van der Waals surface area contributed by atoms with Crippen LogP contribution in [-0.2, 0) is 6.42 Å². The Morgan fingerprint density at radius 1 is 1.46 bits per heavy atom. The molecular formula is C9H15N3S. The minimum Gasteiger partial charge on any atom is -0.330 e. The Hall–Kier alpha value is -0.480. The van der Waals surface area contributed by atoms with E-state index >= 15 is 0 Å². The average Bonchev–Trinajstić information content (AvgIpc) is 2.77. The first-order valence-electron chi connectivity index (χ1n) is 4.81. The van der Waals surface area contributed by atoms with E-state index in [9.17, 15) is 0 Å². The van der Waals surface area contributed by atoms with Crippen LogP contribution in [0.25, 0.3) is 0 Å². The quantitative estimate of drug-likeness (QED) is 0.800. The summed E-state index contributed by atoms with van der Waals surface area (Å²) in [7, 11) is 0. The van der Waals surface area contributed by atoms with Gasteiger partial charge < -0.3 is 5.73 Å². The molecule has 13 heavy (non-hydrogen) atoms. The molecule has 1 saturated carbocycles. The number of nitrogens with two attached hydrogens (primary N) is 1. The molecule has 1 heterocycles. The van der Waals surface area contributed by atoms with Crippen molar-refractivity contribution in [3.63, 3.8) is 0 Å². The zero-order valence-electron chi connectivity index (χ0n) is 7.70. The molecule has 72 valence electrons. The molecule has 4 heteroatoms. The molecule has 0 unspecified atom stereocenters. The van der Waals surface area contributed by atoms with Crippen molar-refractivity contribution in [2.24, 2.45) is 11.1 Å². The van der Waals surface area contributed by atoms with Crippen molar-refractivity contribution in [2.75, 3.05) is 6.54 Å². The lowest BCUT2D eigenvalue weighted by molar-refractivity contribution is 0.304. The van der Waals surface area contributed by atoms with Crippen LogP contribution in [0.15, 0.2) is 6.20 Å². The van der Waals surface area contributed by atoms with Crippen LogP contribution in [0.3, 0.4) is 0 Å². The molecule has 2 N–H and O–H groups in total. The number of hydrogen-bond acceptors (Lipinski definition) is 4. The lowest BCUT2D eigenvalue weighted by Gasteiger charge is -2.25. The molecule has 0 aliphatic heterocycles. The van der Waals surface area contributed by atoms with Gasteiger partial charge in [-0.1, -0.05) is 12.8 Å². The number of nitrogens with zero attached hydrogens (tertiary/aromatic N) is 2. The second-order valence-corrected chi connectivity index (χ2v) is 4.54. The van der Waals surface area contributed by atoms with E-state index in [1.807, 2.05) is 6.20 Å². The summed E-state index contributed by atoms with van der Waals surface area (Å²) in [6, 6.07) is 0. The fourth-order valence-corrected chi connectivity index (χ4v) is 2.66. The van der Waals surface area contributed by atoms with Crippen LogP contribution in [0.5, 0.6) is 0 Å². The van der Waals surface area contributed by atoms with E-state index in [4.69, 9.17) is 5.73 Å². The van der Waals surface area contributed by atoms with Gasteiger partial charge in [0.05, 0.1) is 23.6 Å². The normalized spacial score (nSPS) is 20.7. The maximum absolute atomic E-state index is 5.84. The van der Waals surface area contributed by atoms with Gasteiger partial charge in [0.2, 0.25) is 0 Å². The molecule has 0 bridgehead atoms. The molecule has 0 radical (unpaired) electrons. The van der Waals surface area contributed by atoms with Crippen molar-refractivity contribution in [3.05, 3.63) is 11.9 Å². The van der Waals surface area contributed by atoms with Gasteiger partial charge in [0, 0.05) is 0 Å². The summed E-state index contributed by atoms with van der Waals surface area (Å²) in [5.74, 6) is 0. The molecule has 1 aliphatic carbocycles. The van der Waals surface area contributed by atoms with Crippen LogP contribution in [0.2, 0.25) is 0 Å². The second-order valence-electron chi connectivity index (χ2n) is 3.99. The molecule has 1 aromatic heterocycles. The minimum absolute atomic E-state index is 0.343. The smallest absolute Gasteiger partial charge is 0.0749 e. The molecule has 1 fully saturated rings. The fraction of sp³-hybridized carbons (Fsp3) is 0.778. The van der Waals surface area contributed by atoms with Crippen molar-refractivity contribution in [2.45, 2.75) is 32.1 Å². The second kappa shape index (κ2) is 3.72. The number of aromatic nitrogens is 2. The van der Waals surface area contributed by atoms with E-state index in [0.717, 1.165) is 18.7 Å². The predicted octanol–water partition coefficient (Wildman–Crippen LogP) is 1.60. The third-order valence-electron chi connectivity index (χ3n) is 3.06. The molecule has 1 aromatic rings. The van der Waals surface area contributed by atoms with E-state index in [-0.39, 0.29) is 0 Å². The molecule has 0 aromatic carbocycles. The summed E-state index contributed by atoms with van der Waals surface area (Å²) < 4.78 is 8.27. The molecule has 0 spiro atoms. The van der Waals surface area contributed by atoms with Gasteiger partial charge in [-0.05, 0) is 31.2 Å². The molecular weight excluding hydrogens is 182 g/mol. The average molecular weight is 197 g/mol. The lowest BCUT2D eigenvalue weighted by atomic mass is 9.82. The summed E-state index contributed by atoms with van der Waals surface area (Å²) in [5.41, 5.74) is 7.31. The standard InChI is InChI=1S/C9H15N3S/c10-7-9(3-1-2-4-9)5-8-6-11-13-12-8/h6H,1-5,7,10H2. The van der Waals surface area contributed by atoms with Gasteiger partial charge in [0.25, 0.3) is 0 Å². The highest BCUT2D eigenvalue weighted by Crippen LogP contribution is 2.39. The molecule has 0 atom stereocenters. The van der Waals surface area contributed by atoms with Crippen molar-refractivity contribution in [1.82, 2.24) is 8.75 Å². The van der Waals surface area contributed by atoms with E-state index in [2.05, 4.69) is 8.75 Å². The van der Waals surface area contributed by atoms with Gasteiger partial charge in [-0.3, -0.25) is 0 Å². The van der Waals surface area contributed by atoms with E-state index in [1.165, 1.54) is 37.4 Å². The third kappa shape index (κ3) is 1.89. The van der Waals surface area contributed by atoms with Crippen molar-refractivity contribution < 1.29 is 0 Å². The Kier molecular flexibility index (Phi) is 2.60. The highest BCUT2D eigenvalue weighted by Gasteiger charge is 2.33. The van der Waals surface area contributed by atoms with Crippen molar-refractivity contribution in [1.29, 1.82) is 0 Å². The van der Waals surface area contributed by atoms with E-state index in [0.29, 0.717) is 5.41 Å². The highest BCUT2D eigenvalue weighted by molar-refractivity contribution is 6.99. The van der Waals surface area contributed by atoms with Crippen LogP contribution < -0.4 is 5.73 Å². The van der Waals surface area contributed by atoms with Crippen LogP contribution in [-0.4, -0.2) is 15.3 Å². The SMILES string of the molecule is NCC1(Cc2cnsn2)CCCC1. The van der Waals surface area contributed by atoms with Gasteiger partial charge in [-0.15, -0.1) is 0 Å². The fourth-order valence-electron chi connectivity index (χ4n) is 2.22. The predicted molar refractivity (Wildman–Crippen MR) is 53.6 cm³/mol. The van der Waals surface area contributed by atoms with Crippen LogP contribution >= 0.6 is 11.7 Å². The van der Waals surface area contributed by atoms with Crippen LogP contribution in [0.4, 0.5) is 0 Å². The zero-order chi connectivity index (χ0) is 9.15. The molecule has 1 aliphatic rings. The molecule has 0 amide bonds. The first-order chi connectivity index (χ1) is 6.35. The lowest BCUT2D eigenvalue weighted by Crippen LogP contribution is -2.29. The summed E-state index contributed by atoms with van der Waals surface area (Å²) in [6.45, 7) is 0.796. The van der Waals surface area contributed by atoms with Gasteiger partial charge in [0.1, 0.15) is 0 Å². The number of rotatable bonds is 3. The maximum Gasteiger partial charge on any atom is 0.0749 e. The summed E-state index contributed by atoms with van der Waals surface area (Å²) >= 11 is 1.29. The first kappa shape index (κ1) is 9.09. The highest BCUT2D eigenvalue weighted by atomic mass is 32.1. The maximum atomic E-state index is 5.84. The van der Waals surface area contributed by atoms with Crippen molar-refractivity contribution in [3.8, 4) is 0 Å². The van der Waals surface area contributed by atoms with Crippen LogP contribution in [0, 0.1) is 5.41 Å². The Morgan fingerprint density at radius 2 is 2.23 bits per heavy atom. The van der Waals surface area contributed by atoms with Crippen LogP contribution in [0.1, 0.15) is 31.4 Å². The Labute approximate surface area is 82.7 Å². The monoisotopic (exact) mass is 197 g/mol. The van der Waals surface area contributed by atoms with E-state index in [1.54, 1.807) is 0 Å². The summed E-state index contributed by atoms with van der Waals surface area (Å²) in [5, 5.41) is 0. The van der Waals surface area contributed by atoms with Gasteiger partial charge in [0.15, 0.2) is 0 Å². The minimum atomic E-state index is 0.343. The number of hydrogen-bond donors (Lipinski definition) is 1. The topological polar surface area (TPSA) is 51.8 Å². The summed E-state index contributed by atoms with van der Waals surface area (Å²) in [4.78, 5) is 0. The largest absolute Gasteiger partial charge is 0.330 e. The van der Waals surface area contributed by atoms with Gasteiger partial charge in [-0.2, -0.15) is 8.75 Å². The van der Waals surface area contributed by atoms with Gasteiger partial charge in [-0.25, -0.2) is 0 Å². The zero-order valence-corrected chi connectivity index (χ0v) is 8.52. The summed E-state index contributed by atoms with van der Waals surface area (Å²) in [6.07, 6.45) is 8.09. The van der Waals surface area contributed by atoms with Crippen molar-refractivity contribution >= 4 is 11.7 Å². The van der Waals surface area contributed by atoms with E-state index < -0.39 is 0 Å². The molecule has 0 saturated heterocycles. The Morgan fingerprint density at radius 3 is 2.77 bits per heavy atom. The first-order valence-corrected chi connectivity index (χ1v) is 5.54. The van der Waals surface area contributed by atoms with Gasteiger partial charge >= 0.3 is 0 Å². The Balaban J connectivity index is 2.06. The molecule has 3 nitrogen and oxygen atoms in total. The Bertz CT molecular complexity index is 252. The third-order valence-corrected chi connectivity index (χ3v) is 3.58.